The Morgan fingerprint density at radius 1 is 1.18 bits per heavy atom. The summed E-state index contributed by atoms with van der Waals surface area (Å²) in [6, 6.07) is 3.39. The predicted octanol–water partition coefficient (Wildman–Crippen LogP) is 3.66. The molecule has 1 N–H and O–H groups in total. The lowest BCUT2D eigenvalue weighted by Gasteiger charge is -2.29. The molecule has 1 amide bonds. The lowest BCUT2D eigenvalue weighted by molar-refractivity contribution is -0.138. The fraction of sp³-hybridized carbons (Fsp3) is 0.500. The van der Waals surface area contributed by atoms with Gasteiger partial charge in [0.15, 0.2) is 5.82 Å². The molecule has 33 heavy (non-hydrogen) atoms. The lowest BCUT2D eigenvalue weighted by Crippen LogP contribution is -2.37. The van der Waals surface area contributed by atoms with E-state index in [9.17, 15) is 23.2 Å². The van der Waals surface area contributed by atoms with E-state index in [0.717, 1.165) is 25.7 Å². The van der Waals surface area contributed by atoms with Crippen LogP contribution in [0.1, 0.15) is 50.7 Å². The quantitative estimate of drug-likeness (QED) is 0.667. The number of aromatic nitrogens is 3. The van der Waals surface area contributed by atoms with Crippen LogP contribution in [0, 0.1) is 11.3 Å². The summed E-state index contributed by atoms with van der Waals surface area (Å²) >= 11 is 0. The zero-order chi connectivity index (χ0) is 24.0. The Kier molecular flexibility index (Phi) is 7.81. The number of pyridine rings is 1. The number of hydrogen-bond donors (Lipinski definition) is 1. The zero-order valence-electron chi connectivity index (χ0n) is 18.2. The van der Waals surface area contributed by atoms with E-state index in [2.05, 4.69) is 20.3 Å². The summed E-state index contributed by atoms with van der Waals surface area (Å²) in [5, 5.41) is 12.3. The minimum Gasteiger partial charge on any atom is -0.473 e. The van der Waals surface area contributed by atoms with Crippen molar-refractivity contribution >= 4 is 5.91 Å². The van der Waals surface area contributed by atoms with Crippen molar-refractivity contribution in [3.63, 3.8) is 0 Å². The highest BCUT2D eigenvalue weighted by Crippen LogP contribution is 2.30. The Balaban J connectivity index is 1.57. The molecule has 0 unspecified atom stereocenters. The van der Waals surface area contributed by atoms with Gasteiger partial charge in [-0.05, 0) is 38.7 Å². The number of nitrogens with zero attached hydrogens (tertiary/aromatic N) is 4. The number of halogens is 3. The first-order valence-corrected chi connectivity index (χ1v) is 10.5. The summed E-state index contributed by atoms with van der Waals surface area (Å²) in [5.41, 5.74) is -0.486. The molecule has 1 atom stereocenters. The van der Waals surface area contributed by atoms with E-state index in [1.807, 2.05) is 13.0 Å². The highest BCUT2D eigenvalue weighted by molar-refractivity contribution is 5.73. The molecule has 3 rings (SSSR count). The SMILES string of the molecule is CC(=O)N[C@@H](C)COC1CCC(Oc2ncc(-c3ncc(C(F)(F)F)cn3)cc2C#N)CC1. The molecule has 2 aromatic heterocycles. The second-order valence-corrected chi connectivity index (χ2v) is 7.93. The molecule has 0 spiro atoms. The number of hydrogen-bond acceptors (Lipinski definition) is 7. The average molecular weight is 463 g/mol. The summed E-state index contributed by atoms with van der Waals surface area (Å²) in [7, 11) is 0. The third-order valence-electron chi connectivity index (χ3n) is 5.14. The fourth-order valence-corrected chi connectivity index (χ4v) is 3.52. The number of amides is 1. The minimum atomic E-state index is -4.53. The highest BCUT2D eigenvalue weighted by Gasteiger charge is 2.31. The average Bonchev–Trinajstić information content (AvgIpc) is 2.78. The molecule has 0 aromatic carbocycles. The number of alkyl halides is 3. The van der Waals surface area contributed by atoms with Crippen molar-refractivity contribution in [1.29, 1.82) is 5.26 Å². The van der Waals surface area contributed by atoms with Crippen LogP contribution in [0.15, 0.2) is 24.7 Å². The second-order valence-electron chi connectivity index (χ2n) is 7.93. The predicted molar refractivity (Wildman–Crippen MR) is 111 cm³/mol. The third-order valence-corrected chi connectivity index (χ3v) is 5.14. The molecule has 0 aliphatic heterocycles. The Labute approximate surface area is 189 Å². The molecular formula is C22H24F3N5O3. The third kappa shape index (κ3) is 6.86. The van der Waals surface area contributed by atoms with Crippen LogP contribution in [0.4, 0.5) is 13.2 Å². The molecule has 1 saturated carbocycles. The van der Waals surface area contributed by atoms with E-state index in [-0.39, 0.29) is 41.4 Å². The first-order valence-electron chi connectivity index (χ1n) is 10.5. The molecular weight excluding hydrogens is 439 g/mol. The number of carbonyl (C=O) groups excluding carboxylic acids is 1. The van der Waals surface area contributed by atoms with Gasteiger partial charge in [-0.3, -0.25) is 4.79 Å². The minimum absolute atomic E-state index is 0.0321. The van der Waals surface area contributed by atoms with E-state index in [1.165, 1.54) is 19.2 Å². The van der Waals surface area contributed by atoms with Crippen LogP contribution in [0.3, 0.4) is 0 Å². The first kappa shape index (κ1) is 24.4. The number of carbonyl (C=O) groups is 1. The van der Waals surface area contributed by atoms with Crippen molar-refractivity contribution in [2.75, 3.05) is 6.61 Å². The Morgan fingerprint density at radius 3 is 2.39 bits per heavy atom. The van der Waals surface area contributed by atoms with Crippen molar-refractivity contribution < 1.29 is 27.4 Å². The van der Waals surface area contributed by atoms with E-state index in [0.29, 0.717) is 24.6 Å². The van der Waals surface area contributed by atoms with Gasteiger partial charge in [-0.15, -0.1) is 0 Å². The van der Waals surface area contributed by atoms with Gasteiger partial charge in [0.25, 0.3) is 0 Å². The van der Waals surface area contributed by atoms with Gasteiger partial charge in [0, 0.05) is 37.1 Å². The summed E-state index contributed by atoms with van der Waals surface area (Å²) < 4.78 is 49.9. The molecule has 1 aliphatic rings. The maximum atomic E-state index is 12.7. The molecule has 0 radical (unpaired) electrons. The zero-order valence-corrected chi connectivity index (χ0v) is 18.2. The Morgan fingerprint density at radius 2 is 1.82 bits per heavy atom. The van der Waals surface area contributed by atoms with Crippen LogP contribution in [0.25, 0.3) is 11.4 Å². The molecule has 0 bridgehead atoms. The van der Waals surface area contributed by atoms with Crippen LogP contribution in [-0.2, 0) is 15.7 Å². The van der Waals surface area contributed by atoms with Crippen molar-refractivity contribution in [2.24, 2.45) is 0 Å². The van der Waals surface area contributed by atoms with E-state index < -0.39 is 11.7 Å². The van der Waals surface area contributed by atoms with Gasteiger partial charge < -0.3 is 14.8 Å². The summed E-state index contributed by atoms with van der Waals surface area (Å²) in [6.07, 6.45) is 1.15. The number of nitriles is 1. The van der Waals surface area contributed by atoms with Gasteiger partial charge in [-0.25, -0.2) is 15.0 Å². The monoisotopic (exact) mass is 463 g/mol. The summed E-state index contributed by atoms with van der Waals surface area (Å²) in [5.74, 6) is 0.0985. The molecule has 1 fully saturated rings. The van der Waals surface area contributed by atoms with Crippen molar-refractivity contribution in [2.45, 2.75) is 64.0 Å². The van der Waals surface area contributed by atoms with Crippen molar-refractivity contribution in [3.8, 4) is 23.3 Å². The van der Waals surface area contributed by atoms with Gasteiger partial charge in [0.2, 0.25) is 11.8 Å². The molecule has 8 nitrogen and oxygen atoms in total. The molecule has 176 valence electrons. The largest absolute Gasteiger partial charge is 0.473 e. The number of nitrogens with one attached hydrogen (secondary N) is 1. The molecule has 1 aliphatic carbocycles. The van der Waals surface area contributed by atoms with E-state index in [1.54, 1.807) is 0 Å². The first-order chi connectivity index (χ1) is 15.7. The van der Waals surface area contributed by atoms with Crippen LogP contribution in [0.2, 0.25) is 0 Å². The van der Waals surface area contributed by atoms with Crippen molar-refractivity contribution in [3.05, 3.63) is 35.8 Å². The molecule has 11 heteroatoms. The lowest BCUT2D eigenvalue weighted by atomic mass is 9.95. The summed E-state index contributed by atoms with van der Waals surface area (Å²) in [6.45, 7) is 3.78. The smallest absolute Gasteiger partial charge is 0.419 e. The Hall–Kier alpha value is -3.26. The van der Waals surface area contributed by atoms with Gasteiger partial charge in [0.05, 0.1) is 18.3 Å². The topological polar surface area (TPSA) is 110 Å². The molecule has 2 aromatic rings. The maximum Gasteiger partial charge on any atom is 0.419 e. The van der Waals surface area contributed by atoms with Gasteiger partial charge >= 0.3 is 6.18 Å². The van der Waals surface area contributed by atoms with Gasteiger partial charge in [0.1, 0.15) is 17.7 Å². The highest BCUT2D eigenvalue weighted by atomic mass is 19.4. The molecule has 2 heterocycles. The Bertz CT molecular complexity index is 1000. The van der Waals surface area contributed by atoms with E-state index in [4.69, 9.17) is 9.47 Å². The van der Waals surface area contributed by atoms with Crippen LogP contribution >= 0.6 is 0 Å². The van der Waals surface area contributed by atoms with Gasteiger partial charge in [-0.2, -0.15) is 18.4 Å². The van der Waals surface area contributed by atoms with Crippen LogP contribution in [-0.4, -0.2) is 45.7 Å². The van der Waals surface area contributed by atoms with Crippen LogP contribution in [0.5, 0.6) is 5.88 Å². The van der Waals surface area contributed by atoms with Crippen molar-refractivity contribution in [1.82, 2.24) is 20.3 Å². The van der Waals surface area contributed by atoms with E-state index >= 15 is 0 Å². The number of ether oxygens (including phenoxy) is 2. The molecule has 0 saturated heterocycles. The van der Waals surface area contributed by atoms with Gasteiger partial charge in [-0.1, -0.05) is 0 Å². The normalized spacial score (nSPS) is 19.4. The summed E-state index contributed by atoms with van der Waals surface area (Å²) in [4.78, 5) is 22.7. The maximum absolute atomic E-state index is 12.7. The number of rotatable bonds is 7. The van der Waals surface area contributed by atoms with Crippen LogP contribution < -0.4 is 10.1 Å². The fourth-order valence-electron chi connectivity index (χ4n) is 3.52. The second kappa shape index (κ2) is 10.6. The standard InChI is InChI=1S/C22H24F3N5O3/c1-13(30-14(2)31)12-32-18-3-5-19(6-4-18)33-21-15(8-26)7-16(9-29-21)20-27-10-17(11-28-20)22(23,24)25/h7,9-11,13,18-19H,3-6,12H2,1-2H3,(H,30,31)/t13-,18?,19?/m0/s1.